The lowest BCUT2D eigenvalue weighted by Gasteiger charge is -2.25. The van der Waals surface area contributed by atoms with E-state index in [1.165, 1.54) is 38.5 Å². The van der Waals surface area contributed by atoms with Crippen molar-refractivity contribution in [2.75, 3.05) is 0 Å². The molecule has 0 nitrogen and oxygen atoms in total. The molecule has 1 fully saturated rings. The van der Waals surface area contributed by atoms with Gasteiger partial charge in [-0.3, -0.25) is 0 Å². The summed E-state index contributed by atoms with van der Waals surface area (Å²) in [4.78, 5) is 0. The summed E-state index contributed by atoms with van der Waals surface area (Å²) >= 11 is 0. The quantitative estimate of drug-likeness (QED) is 0.541. The molecule has 0 aromatic rings. The van der Waals surface area contributed by atoms with Crippen molar-refractivity contribution in [2.24, 2.45) is 17.8 Å². The van der Waals surface area contributed by atoms with Crippen LogP contribution in [-0.2, 0) is 0 Å². The molecule has 0 bridgehead atoms. The van der Waals surface area contributed by atoms with Crippen LogP contribution in [0.4, 0.5) is 0 Å². The highest BCUT2D eigenvalue weighted by molar-refractivity contribution is 4.71. The smallest absolute Gasteiger partial charge is 0.0386 e. The van der Waals surface area contributed by atoms with Crippen molar-refractivity contribution in [1.82, 2.24) is 0 Å². The third kappa shape index (κ3) is 2.80. The van der Waals surface area contributed by atoms with Gasteiger partial charge in [-0.25, -0.2) is 0 Å². The van der Waals surface area contributed by atoms with Crippen molar-refractivity contribution in [3.8, 4) is 0 Å². The average molecular weight is 168 g/mol. The average Bonchev–Trinajstić information content (AvgIpc) is 2.30. The summed E-state index contributed by atoms with van der Waals surface area (Å²) in [5, 5.41) is 0. The second-order valence-electron chi connectivity index (χ2n) is 4.85. The predicted octanol–water partition coefficient (Wildman–Crippen LogP) is 4.25. The van der Waals surface area contributed by atoms with E-state index in [4.69, 9.17) is 0 Å². The standard InChI is InChI=1S/C12H24/c1-10(2)11(3)12-8-6-4-5-7-9-12/h10-12H,4-9H2,1-3H3. The summed E-state index contributed by atoms with van der Waals surface area (Å²) in [6.45, 7) is 7.19. The third-order valence-electron chi connectivity index (χ3n) is 3.69. The molecule has 0 spiro atoms. The monoisotopic (exact) mass is 168 g/mol. The highest BCUT2D eigenvalue weighted by Gasteiger charge is 2.20. The molecular weight excluding hydrogens is 144 g/mol. The Balaban J connectivity index is 2.37. The molecule has 1 unspecified atom stereocenters. The van der Waals surface area contributed by atoms with Crippen molar-refractivity contribution in [3.63, 3.8) is 0 Å². The fourth-order valence-corrected chi connectivity index (χ4v) is 2.38. The lowest BCUT2D eigenvalue weighted by molar-refractivity contribution is 0.251. The Bertz CT molecular complexity index is 107. The molecular formula is C12H24. The molecule has 1 aliphatic rings. The molecule has 0 heterocycles. The summed E-state index contributed by atoms with van der Waals surface area (Å²) in [5.41, 5.74) is 0. The van der Waals surface area contributed by atoms with Gasteiger partial charge in [0.05, 0.1) is 0 Å². The Hall–Kier alpha value is 0. The van der Waals surface area contributed by atoms with Crippen LogP contribution in [0.2, 0.25) is 0 Å². The lowest BCUT2D eigenvalue weighted by atomic mass is 9.81. The lowest BCUT2D eigenvalue weighted by Crippen LogP contribution is -2.16. The van der Waals surface area contributed by atoms with Crippen LogP contribution in [0.1, 0.15) is 59.3 Å². The minimum Gasteiger partial charge on any atom is -0.0625 e. The first-order valence-corrected chi connectivity index (χ1v) is 5.72. The molecule has 0 N–H and O–H groups in total. The van der Waals surface area contributed by atoms with E-state index in [2.05, 4.69) is 20.8 Å². The fraction of sp³-hybridized carbons (Fsp3) is 1.00. The maximum Gasteiger partial charge on any atom is -0.0386 e. The van der Waals surface area contributed by atoms with Gasteiger partial charge in [0.25, 0.3) is 0 Å². The summed E-state index contributed by atoms with van der Waals surface area (Å²) in [5.74, 6) is 2.86. The zero-order valence-electron chi connectivity index (χ0n) is 8.97. The minimum atomic E-state index is 0.882. The molecule has 0 aromatic carbocycles. The molecule has 72 valence electrons. The van der Waals surface area contributed by atoms with Gasteiger partial charge < -0.3 is 0 Å². The van der Waals surface area contributed by atoms with Crippen LogP contribution >= 0.6 is 0 Å². The summed E-state index contributed by atoms with van der Waals surface area (Å²) < 4.78 is 0. The van der Waals surface area contributed by atoms with Crippen molar-refractivity contribution < 1.29 is 0 Å². The second kappa shape index (κ2) is 4.89. The van der Waals surface area contributed by atoms with Crippen LogP contribution in [0.25, 0.3) is 0 Å². The van der Waals surface area contributed by atoms with Crippen LogP contribution in [-0.4, -0.2) is 0 Å². The summed E-state index contributed by atoms with van der Waals surface area (Å²) in [7, 11) is 0. The first-order chi connectivity index (χ1) is 5.72. The highest BCUT2D eigenvalue weighted by atomic mass is 14.3. The van der Waals surface area contributed by atoms with Gasteiger partial charge >= 0.3 is 0 Å². The third-order valence-corrected chi connectivity index (χ3v) is 3.69. The number of hydrogen-bond acceptors (Lipinski definition) is 0. The normalized spacial score (nSPS) is 24.0. The zero-order chi connectivity index (χ0) is 8.97. The maximum absolute atomic E-state index is 2.45. The van der Waals surface area contributed by atoms with Gasteiger partial charge in [0, 0.05) is 0 Å². The Kier molecular flexibility index (Phi) is 4.11. The summed E-state index contributed by atoms with van der Waals surface area (Å²) in [6, 6.07) is 0. The number of rotatable bonds is 2. The van der Waals surface area contributed by atoms with E-state index >= 15 is 0 Å². The van der Waals surface area contributed by atoms with Gasteiger partial charge in [0.1, 0.15) is 0 Å². The zero-order valence-corrected chi connectivity index (χ0v) is 8.97. The molecule has 1 saturated carbocycles. The molecule has 0 radical (unpaired) electrons. The van der Waals surface area contributed by atoms with Gasteiger partial charge in [0.15, 0.2) is 0 Å². The first kappa shape index (κ1) is 10.1. The van der Waals surface area contributed by atoms with E-state index in [9.17, 15) is 0 Å². The van der Waals surface area contributed by atoms with Gasteiger partial charge in [-0.2, -0.15) is 0 Å². The van der Waals surface area contributed by atoms with Crippen LogP contribution in [0.15, 0.2) is 0 Å². The van der Waals surface area contributed by atoms with Crippen LogP contribution in [0.3, 0.4) is 0 Å². The SMILES string of the molecule is CC(C)C(C)C1CCCCCC1. The molecule has 1 atom stereocenters. The highest BCUT2D eigenvalue weighted by Crippen LogP contribution is 2.32. The van der Waals surface area contributed by atoms with Crippen molar-refractivity contribution in [1.29, 1.82) is 0 Å². The molecule has 12 heavy (non-hydrogen) atoms. The Morgan fingerprint density at radius 3 is 1.75 bits per heavy atom. The van der Waals surface area contributed by atoms with Gasteiger partial charge in [0.2, 0.25) is 0 Å². The van der Waals surface area contributed by atoms with Crippen LogP contribution in [0.5, 0.6) is 0 Å². The second-order valence-corrected chi connectivity index (χ2v) is 4.85. The van der Waals surface area contributed by atoms with Crippen LogP contribution < -0.4 is 0 Å². The maximum atomic E-state index is 2.45. The van der Waals surface area contributed by atoms with Crippen LogP contribution in [0, 0.1) is 17.8 Å². The molecule has 0 aromatic heterocycles. The van der Waals surface area contributed by atoms with E-state index in [0.29, 0.717) is 0 Å². The minimum absolute atomic E-state index is 0.882. The Labute approximate surface area is 77.7 Å². The van der Waals surface area contributed by atoms with Gasteiger partial charge in [-0.15, -0.1) is 0 Å². The van der Waals surface area contributed by atoms with E-state index in [1.807, 2.05) is 0 Å². The largest absolute Gasteiger partial charge is 0.0625 e. The van der Waals surface area contributed by atoms with E-state index < -0.39 is 0 Å². The predicted molar refractivity (Wildman–Crippen MR) is 55.2 cm³/mol. The number of hydrogen-bond donors (Lipinski definition) is 0. The molecule has 1 rings (SSSR count). The van der Waals surface area contributed by atoms with Gasteiger partial charge in [-0.05, 0) is 17.8 Å². The van der Waals surface area contributed by atoms with E-state index in [-0.39, 0.29) is 0 Å². The first-order valence-electron chi connectivity index (χ1n) is 5.72. The van der Waals surface area contributed by atoms with Gasteiger partial charge in [-0.1, -0.05) is 59.3 Å². The van der Waals surface area contributed by atoms with Crippen molar-refractivity contribution in [2.45, 2.75) is 59.3 Å². The van der Waals surface area contributed by atoms with E-state index in [0.717, 1.165) is 17.8 Å². The molecule has 0 saturated heterocycles. The van der Waals surface area contributed by atoms with Crippen molar-refractivity contribution in [3.05, 3.63) is 0 Å². The Morgan fingerprint density at radius 1 is 0.833 bits per heavy atom. The van der Waals surface area contributed by atoms with Crippen molar-refractivity contribution >= 4 is 0 Å². The molecule has 0 amide bonds. The molecule has 1 aliphatic carbocycles. The fourth-order valence-electron chi connectivity index (χ4n) is 2.38. The summed E-state index contributed by atoms with van der Waals surface area (Å²) in [6.07, 6.45) is 8.95. The topological polar surface area (TPSA) is 0 Å². The Morgan fingerprint density at radius 2 is 1.33 bits per heavy atom. The molecule has 0 heteroatoms. The molecule has 0 aliphatic heterocycles. The van der Waals surface area contributed by atoms with E-state index in [1.54, 1.807) is 0 Å².